The molecular formula is C17H16FN5O. The average Bonchev–Trinajstić information content (AvgIpc) is 3.04. The van der Waals surface area contributed by atoms with Gasteiger partial charge in [-0.3, -0.25) is 4.79 Å². The van der Waals surface area contributed by atoms with Crippen molar-refractivity contribution >= 4 is 17.4 Å². The van der Waals surface area contributed by atoms with Crippen molar-refractivity contribution in [1.29, 1.82) is 0 Å². The summed E-state index contributed by atoms with van der Waals surface area (Å²) in [4.78, 5) is 12.3. The first-order valence-electron chi connectivity index (χ1n) is 7.40. The Morgan fingerprint density at radius 3 is 2.67 bits per heavy atom. The van der Waals surface area contributed by atoms with Gasteiger partial charge in [0, 0.05) is 6.54 Å². The molecule has 122 valence electrons. The monoisotopic (exact) mass is 325 g/mol. The van der Waals surface area contributed by atoms with Crippen LogP contribution in [0.5, 0.6) is 0 Å². The summed E-state index contributed by atoms with van der Waals surface area (Å²) in [5, 5.41) is 15.7. The van der Waals surface area contributed by atoms with Crippen LogP contribution in [0.4, 0.5) is 15.9 Å². The van der Waals surface area contributed by atoms with Gasteiger partial charge in [-0.2, -0.15) is 5.21 Å². The molecule has 0 bridgehead atoms. The van der Waals surface area contributed by atoms with Crippen LogP contribution < -0.4 is 10.6 Å². The number of hydrogen-bond donors (Lipinski definition) is 3. The molecule has 0 fully saturated rings. The zero-order chi connectivity index (χ0) is 16.9. The number of nitrogens with zero attached hydrogens (tertiary/aromatic N) is 2. The molecule has 24 heavy (non-hydrogen) atoms. The zero-order valence-corrected chi connectivity index (χ0v) is 13.0. The third-order valence-corrected chi connectivity index (χ3v) is 3.59. The van der Waals surface area contributed by atoms with Gasteiger partial charge in [0.1, 0.15) is 5.82 Å². The number of benzene rings is 2. The number of amides is 1. The summed E-state index contributed by atoms with van der Waals surface area (Å²) in [5.41, 5.74) is 2.40. The Bertz CT molecular complexity index is 861. The molecular weight excluding hydrogens is 309 g/mol. The fraction of sp³-hybridized carbons (Fsp3) is 0.118. The fourth-order valence-corrected chi connectivity index (χ4v) is 2.23. The molecule has 0 aliphatic rings. The number of aromatic amines is 1. The summed E-state index contributed by atoms with van der Waals surface area (Å²) in [6.45, 7) is 2.35. The summed E-state index contributed by atoms with van der Waals surface area (Å²) in [5.74, 6) is -0.667. The van der Waals surface area contributed by atoms with Crippen LogP contribution in [-0.2, 0) is 6.54 Å². The fourth-order valence-electron chi connectivity index (χ4n) is 2.23. The summed E-state index contributed by atoms with van der Waals surface area (Å²) in [6.07, 6.45) is 0. The first-order chi connectivity index (χ1) is 11.6. The number of rotatable bonds is 5. The van der Waals surface area contributed by atoms with E-state index >= 15 is 0 Å². The molecule has 6 nitrogen and oxygen atoms in total. The van der Waals surface area contributed by atoms with E-state index in [-0.39, 0.29) is 17.2 Å². The van der Waals surface area contributed by atoms with Gasteiger partial charge in [0.2, 0.25) is 0 Å². The van der Waals surface area contributed by atoms with E-state index < -0.39 is 11.7 Å². The van der Waals surface area contributed by atoms with E-state index in [4.69, 9.17) is 0 Å². The molecule has 1 aromatic heterocycles. The molecule has 0 spiro atoms. The molecule has 2 aromatic carbocycles. The molecule has 0 aliphatic carbocycles. The van der Waals surface area contributed by atoms with E-state index in [1.54, 1.807) is 18.2 Å². The van der Waals surface area contributed by atoms with Gasteiger partial charge in [-0.25, -0.2) is 4.39 Å². The Morgan fingerprint density at radius 1 is 1.12 bits per heavy atom. The summed E-state index contributed by atoms with van der Waals surface area (Å²) in [7, 11) is 0. The number of aryl methyl sites for hydroxylation is 1. The first kappa shape index (κ1) is 15.7. The van der Waals surface area contributed by atoms with E-state index in [2.05, 4.69) is 26.0 Å². The van der Waals surface area contributed by atoms with Crippen molar-refractivity contribution in [2.45, 2.75) is 13.5 Å². The molecule has 0 aliphatic heterocycles. The van der Waals surface area contributed by atoms with Crippen LogP contribution in [0.15, 0.2) is 48.5 Å². The second-order valence-electron chi connectivity index (χ2n) is 5.23. The highest BCUT2D eigenvalue weighted by atomic mass is 19.1. The van der Waals surface area contributed by atoms with Crippen molar-refractivity contribution in [1.82, 2.24) is 20.7 Å². The Labute approximate surface area is 138 Å². The highest BCUT2D eigenvalue weighted by molar-refractivity contribution is 5.97. The SMILES string of the molecule is Cc1ccccc1CNC(=O)c1n[nH]nc1Nc1ccccc1F. The molecule has 7 heteroatoms. The van der Waals surface area contributed by atoms with E-state index in [9.17, 15) is 9.18 Å². The molecule has 0 unspecified atom stereocenters. The molecule has 0 atom stereocenters. The third kappa shape index (κ3) is 3.40. The minimum Gasteiger partial charge on any atom is -0.346 e. The van der Waals surface area contributed by atoms with Gasteiger partial charge < -0.3 is 10.6 Å². The number of hydrogen-bond acceptors (Lipinski definition) is 4. The number of para-hydroxylation sites is 1. The minimum absolute atomic E-state index is 0.0758. The van der Waals surface area contributed by atoms with Gasteiger partial charge in [0.15, 0.2) is 11.5 Å². The number of carbonyl (C=O) groups excluding carboxylic acids is 1. The highest BCUT2D eigenvalue weighted by Crippen LogP contribution is 2.19. The Balaban J connectivity index is 1.72. The van der Waals surface area contributed by atoms with Gasteiger partial charge >= 0.3 is 0 Å². The standard InChI is InChI=1S/C17H16FN5O/c1-11-6-2-3-7-12(11)10-19-17(24)15-16(22-23-21-15)20-14-9-5-4-8-13(14)18/h2-9H,10H2,1H3,(H,19,24)(H2,20,21,22,23). The van der Waals surface area contributed by atoms with Gasteiger partial charge in [-0.15, -0.1) is 10.2 Å². The number of anilines is 2. The number of halogens is 1. The van der Waals surface area contributed by atoms with Crippen LogP contribution in [0.2, 0.25) is 0 Å². The van der Waals surface area contributed by atoms with E-state index in [0.717, 1.165) is 11.1 Å². The molecule has 0 radical (unpaired) electrons. The van der Waals surface area contributed by atoms with Crippen molar-refractivity contribution in [2.24, 2.45) is 0 Å². The van der Waals surface area contributed by atoms with Crippen LogP contribution in [0, 0.1) is 12.7 Å². The van der Waals surface area contributed by atoms with Crippen molar-refractivity contribution in [2.75, 3.05) is 5.32 Å². The number of aromatic nitrogens is 3. The molecule has 0 saturated heterocycles. The molecule has 3 rings (SSSR count). The van der Waals surface area contributed by atoms with Crippen LogP contribution in [0.1, 0.15) is 21.6 Å². The van der Waals surface area contributed by atoms with Crippen molar-refractivity contribution in [3.63, 3.8) is 0 Å². The number of carbonyl (C=O) groups is 1. The predicted molar refractivity (Wildman–Crippen MR) is 88.4 cm³/mol. The number of H-pyrrole nitrogens is 1. The van der Waals surface area contributed by atoms with Crippen LogP contribution in [0.25, 0.3) is 0 Å². The van der Waals surface area contributed by atoms with Crippen LogP contribution >= 0.6 is 0 Å². The van der Waals surface area contributed by atoms with Crippen molar-refractivity contribution < 1.29 is 9.18 Å². The smallest absolute Gasteiger partial charge is 0.275 e. The van der Waals surface area contributed by atoms with Gasteiger partial charge in [-0.05, 0) is 30.2 Å². The summed E-state index contributed by atoms with van der Waals surface area (Å²) < 4.78 is 13.7. The zero-order valence-electron chi connectivity index (χ0n) is 13.0. The van der Waals surface area contributed by atoms with Gasteiger partial charge in [-0.1, -0.05) is 36.4 Å². The first-order valence-corrected chi connectivity index (χ1v) is 7.40. The van der Waals surface area contributed by atoms with Crippen molar-refractivity contribution in [3.05, 3.63) is 71.2 Å². The van der Waals surface area contributed by atoms with Crippen LogP contribution in [-0.4, -0.2) is 21.3 Å². The van der Waals surface area contributed by atoms with Gasteiger partial charge in [0.25, 0.3) is 5.91 Å². The predicted octanol–water partition coefficient (Wildman–Crippen LogP) is 2.93. The Kier molecular flexibility index (Phi) is 4.51. The Morgan fingerprint density at radius 2 is 1.88 bits per heavy atom. The lowest BCUT2D eigenvalue weighted by atomic mass is 10.1. The second kappa shape index (κ2) is 6.91. The van der Waals surface area contributed by atoms with E-state index in [0.29, 0.717) is 6.54 Å². The lowest BCUT2D eigenvalue weighted by molar-refractivity contribution is 0.0946. The lowest BCUT2D eigenvalue weighted by Gasteiger charge is -2.08. The lowest BCUT2D eigenvalue weighted by Crippen LogP contribution is -2.24. The topological polar surface area (TPSA) is 82.7 Å². The highest BCUT2D eigenvalue weighted by Gasteiger charge is 2.17. The second-order valence-corrected chi connectivity index (χ2v) is 5.23. The maximum Gasteiger partial charge on any atom is 0.275 e. The largest absolute Gasteiger partial charge is 0.346 e. The van der Waals surface area contributed by atoms with Crippen molar-refractivity contribution in [3.8, 4) is 0 Å². The minimum atomic E-state index is -0.438. The molecule has 3 aromatic rings. The molecule has 3 N–H and O–H groups in total. The third-order valence-electron chi connectivity index (χ3n) is 3.59. The van der Waals surface area contributed by atoms with E-state index in [1.807, 2.05) is 31.2 Å². The maximum atomic E-state index is 13.7. The van der Waals surface area contributed by atoms with Crippen LogP contribution in [0.3, 0.4) is 0 Å². The maximum absolute atomic E-state index is 13.7. The van der Waals surface area contributed by atoms with E-state index in [1.165, 1.54) is 6.07 Å². The summed E-state index contributed by atoms with van der Waals surface area (Å²) in [6, 6.07) is 13.9. The Hall–Kier alpha value is -3.22. The average molecular weight is 325 g/mol. The number of nitrogens with one attached hydrogen (secondary N) is 3. The quantitative estimate of drug-likeness (QED) is 0.673. The summed E-state index contributed by atoms with van der Waals surface area (Å²) >= 11 is 0. The molecule has 0 saturated carbocycles. The van der Waals surface area contributed by atoms with Gasteiger partial charge in [0.05, 0.1) is 5.69 Å². The molecule has 1 amide bonds. The molecule has 1 heterocycles. The normalized spacial score (nSPS) is 10.4.